The number of aryl methyl sites for hydroxylation is 1. The maximum absolute atomic E-state index is 12.1. The maximum Gasteiger partial charge on any atom is 0.338 e. The fourth-order valence-corrected chi connectivity index (χ4v) is 3.10. The standard InChI is InChI=1S/C21H17BrO2/c1-14-5-3-6-15(11-14)16-7-4-8-17(12-16)19-10-9-18(22)13-20(19)21(23)24-2/h3-13H,1-2H3. The average Bonchev–Trinajstić information content (AvgIpc) is 2.61. The first kappa shape index (κ1) is 16.5. The van der Waals surface area contributed by atoms with Crippen molar-refractivity contribution in [2.45, 2.75) is 6.92 Å². The Kier molecular flexibility index (Phi) is 4.81. The summed E-state index contributed by atoms with van der Waals surface area (Å²) in [6, 6.07) is 22.2. The van der Waals surface area contributed by atoms with Crippen LogP contribution in [0.25, 0.3) is 22.3 Å². The van der Waals surface area contributed by atoms with Crippen LogP contribution in [0.2, 0.25) is 0 Å². The van der Waals surface area contributed by atoms with Crippen molar-refractivity contribution in [2.75, 3.05) is 7.11 Å². The third-order valence-electron chi connectivity index (χ3n) is 3.91. The molecule has 0 atom stereocenters. The number of halogens is 1. The van der Waals surface area contributed by atoms with E-state index in [-0.39, 0.29) is 5.97 Å². The number of esters is 1. The first-order valence-corrected chi connectivity index (χ1v) is 8.43. The molecule has 0 aromatic heterocycles. The number of carbonyl (C=O) groups excluding carboxylic acids is 1. The molecule has 0 heterocycles. The predicted octanol–water partition coefficient (Wildman–Crippen LogP) is 5.88. The molecule has 120 valence electrons. The third-order valence-corrected chi connectivity index (χ3v) is 4.41. The van der Waals surface area contributed by atoms with E-state index < -0.39 is 0 Å². The van der Waals surface area contributed by atoms with Crippen LogP contribution in [0, 0.1) is 6.92 Å². The molecule has 0 saturated heterocycles. The van der Waals surface area contributed by atoms with Crippen LogP contribution in [-0.2, 0) is 4.74 Å². The second kappa shape index (κ2) is 7.02. The van der Waals surface area contributed by atoms with Gasteiger partial charge in [-0.05, 0) is 47.4 Å². The Labute approximate surface area is 150 Å². The van der Waals surface area contributed by atoms with Gasteiger partial charge in [-0.2, -0.15) is 0 Å². The van der Waals surface area contributed by atoms with Crippen LogP contribution >= 0.6 is 15.9 Å². The zero-order chi connectivity index (χ0) is 17.1. The fraction of sp³-hybridized carbons (Fsp3) is 0.0952. The van der Waals surface area contributed by atoms with Crippen molar-refractivity contribution in [3.63, 3.8) is 0 Å². The molecule has 2 nitrogen and oxygen atoms in total. The summed E-state index contributed by atoms with van der Waals surface area (Å²) in [7, 11) is 1.40. The Morgan fingerprint density at radius 3 is 2.25 bits per heavy atom. The summed E-state index contributed by atoms with van der Waals surface area (Å²) < 4.78 is 5.77. The first-order chi connectivity index (χ1) is 11.6. The van der Waals surface area contributed by atoms with E-state index in [2.05, 4.69) is 59.3 Å². The molecule has 0 spiro atoms. The highest BCUT2D eigenvalue weighted by molar-refractivity contribution is 9.10. The van der Waals surface area contributed by atoms with E-state index in [1.54, 1.807) is 6.07 Å². The van der Waals surface area contributed by atoms with Crippen molar-refractivity contribution in [1.29, 1.82) is 0 Å². The lowest BCUT2D eigenvalue weighted by atomic mass is 9.95. The van der Waals surface area contributed by atoms with E-state index in [1.165, 1.54) is 12.7 Å². The van der Waals surface area contributed by atoms with Gasteiger partial charge in [-0.15, -0.1) is 0 Å². The van der Waals surface area contributed by atoms with Gasteiger partial charge in [0.2, 0.25) is 0 Å². The third kappa shape index (κ3) is 3.41. The molecule has 24 heavy (non-hydrogen) atoms. The summed E-state index contributed by atoms with van der Waals surface area (Å²) in [6.07, 6.45) is 0. The minimum absolute atomic E-state index is 0.341. The van der Waals surface area contributed by atoms with Crippen molar-refractivity contribution in [3.8, 4) is 22.3 Å². The molecule has 0 aliphatic rings. The fourth-order valence-electron chi connectivity index (χ4n) is 2.74. The van der Waals surface area contributed by atoms with Crippen molar-refractivity contribution in [3.05, 3.63) is 82.3 Å². The monoisotopic (exact) mass is 380 g/mol. The summed E-state index contributed by atoms with van der Waals surface area (Å²) in [5.41, 5.74) is 5.90. The Hall–Kier alpha value is -2.39. The summed E-state index contributed by atoms with van der Waals surface area (Å²) in [6.45, 7) is 2.08. The van der Waals surface area contributed by atoms with Gasteiger partial charge in [0.25, 0.3) is 0 Å². The van der Waals surface area contributed by atoms with Gasteiger partial charge in [0.1, 0.15) is 0 Å². The summed E-state index contributed by atoms with van der Waals surface area (Å²) >= 11 is 3.42. The molecule has 3 aromatic carbocycles. The normalized spacial score (nSPS) is 10.5. The quantitative estimate of drug-likeness (QED) is 0.530. The second-order valence-electron chi connectivity index (χ2n) is 5.63. The number of hydrogen-bond acceptors (Lipinski definition) is 2. The average molecular weight is 381 g/mol. The van der Waals surface area contributed by atoms with Gasteiger partial charge in [-0.25, -0.2) is 4.79 Å². The van der Waals surface area contributed by atoms with Crippen LogP contribution in [0.4, 0.5) is 0 Å². The van der Waals surface area contributed by atoms with E-state index in [4.69, 9.17) is 4.74 Å². The molecule has 0 fully saturated rings. The summed E-state index contributed by atoms with van der Waals surface area (Å²) in [4.78, 5) is 12.1. The Morgan fingerprint density at radius 1 is 0.875 bits per heavy atom. The van der Waals surface area contributed by atoms with Gasteiger partial charge in [0.05, 0.1) is 12.7 Å². The molecule has 0 aliphatic carbocycles. The lowest BCUT2D eigenvalue weighted by molar-refractivity contribution is 0.0601. The first-order valence-electron chi connectivity index (χ1n) is 7.64. The van der Waals surface area contributed by atoms with Crippen molar-refractivity contribution in [1.82, 2.24) is 0 Å². The van der Waals surface area contributed by atoms with Crippen molar-refractivity contribution in [2.24, 2.45) is 0 Å². The van der Waals surface area contributed by atoms with Crippen LogP contribution in [0.15, 0.2) is 71.2 Å². The van der Waals surface area contributed by atoms with E-state index >= 15 is 0 Å². The van der Waals surface area contributed by atoms with Gasteiger partial charge < -0.3 is 4.74 Å². The minimum Gasteiger partial charge on any atom is -0.465 e. The highest BCUT2D eigenvalue weighted by Crippen LogP contribution is 2.31. The second-order valence-corrected chi connectivity index (χ2v) is 6.55. The van der Waals surface area contributed by atoms with Gasteiger partial charge in [0, 0.05) is 4.47 Å². The van der Waals surface area contributed by atoms with E-state index in [0.29, 0.717) is 5.56 Å². The number of carbonyl (C=O) groups is 1. The molecule has 0 aliphatic heterocycles. The van der Waals surface area contributed by atoms with Crippen LogP contribution in [-0.4, -0.2) is 13.1 Å². The van der Waals surface area contributed by atoms with Crippen molar-refractivity contribution >= 4 is 21.9 Å². The molecule has 0 radical (unpaired) electrons. The minimum atomic E-state index is -0.341. The molecule has 0 bridgehead atoms. The molecule has 0 N–H and O–H groups in total. The Balaban J connectivity index is 2.12. The SMILES string of the molecule is COC(=O)c1cc(Br)ccc1-c1cccc(-c2cccc(C)c2)c1. The molecule has 0 saturated carbocycles. The zero-order valence-electron chi connectivity index (χ0n) is 13.5. The van der Waals surface area contributed by atoms with Crippen LogP contribution in [0.5, 0.6) is 0 Å². The number of methoxy groups -OCH3 is 1. The number of ether oxygens (including phenoxy) is 1. The predicted molar refractivity (Wildman–Crippen MR) is 101 cm³/mol. The summed E-state index contributed by atoms with van der Waals surface area (Å²) in [5, 5.41) is 0. The van der Waals surface area contributed by atoms with Gasteiger partial charge in [-0.3, -0.25) is 0 Å². The lowest BCUT2D eigenvalue weighted by Crippen LogP contribution is -2.03. The van der Waals surface area contributed by atoms with Crippen molar-refractivity contribution < 1.29 is 9.53 Å². The van der Waals surface area contributed by atoms with E-state index in [0.717, 1.165) is 26.7 Å². The smallest absolute Gasteiger partial charge is 0.338 e. The van der Waals surface area contributed by atoms with Gasteiger partial charge in [-0.1, -0.05) is 70.0 Å². The number of benzene rings is 3. The van der Waals surface area contributed by atoms with Gasteiger partial charge in [0.15, 0.2) is 0 Å². The van der Waals surface area contributed by atoms with E-state index in [1.807, 2.05) is 24.3 Å². The Morgan fingerprint density at radius 2 is 1.54 bits per heavy atom. The molecule has 0 amide bonds. The molecular formula is C21H17BrO2. The Bertz CT molecular complexity index is 900. The largest absolute Gasteiger partial charge is 0.465 e. The molecule has 3 rings (SSSR count). The summed E-state index contributed by atoms with van der Waals surface area (Å²) in [5.74, 6) is -0.341. The number of hydrogen-bond donors (Lipinski definition) is 0. The van der Waals surface area contributed by atoms with E-state index in [9.17, 15) is 4.79 Å². The van der Waals surface area contributed by atoms with Crippen LogP contribution < -0.4 is 0 Å². The highest BCUT2D eigenvalue weighted by atomic mass is 79.9. The molecule has 0 unspecified atom stereocenters. The van der Waals surface area contributed by atoms with Crippen LogP contribution in [0.3, 0.4) is 0 Å². The zero-order valence-corrected chi connectivity index (χ0v) is 15.1. The molecule has 3 aromatic rings. The number of rotatable bonds is 3. The maximum atomic E-state index is 12.1. The highest BCUT2D eigenvalue weighted by Gasteiger charge is 2.14. The van der Waals surface area contributed by atoms with Gasteiger partial charge >= 0.3 is 5.97 Å². The lowest BCUT2D eigenvalue weighted by Gasteiger charge is -2.11. The topological polar surface area (TPSA) is 26.3 Å². The van der Waals surface area contributed by atoms with Crippen LogP contribution in [0.1, 0.15) is 15.9 Å². The molecular weight excluding hydrogens is 364 g/mol. The molecule has 3 heteroatoms.